The SMILES string of the molecule is CN(Cc1ccc(C#N)cc1)C(=O)CN1CCCCCC1=O. The van der Waals surface area contributed by atoms with E-state index in [0.29, 0.717) is 25.1 Å². The van der Waals surface area contributed by atoms with Crippen molar-refractivity contribution in [3.05, 3.63) is 35.4 Å². The van der Waals surface area contributed by atoms with E-state index in [1.807, 2.05) is 12.1 Å². The van der Waals surface area contributed by atoms with Crippen LogP contribution >= 0.6 is 0 Å². The summed E-state index contributed by atoms with van der Waals surface area (Å²) in [6, 6.07) is 9.25. The van der Waals surface area contributed by atoms with Gasteiger partial charge in [-0.1, -0.05) is 18.6 Å². The number of amides is 2. The van der Waals surface area contributed by atoms with Crippen molar-refractivity contribution < 1.29 is 9.59 Å². The molecule has 0 aliphatic carbocycles. The number of benzene rings is 1. The third kappa shape index (κ3) is 4.32. The van der Waals surface area contributed by atoms with Crippen LogP contribution < -0.4 is 0 Å². The lowest BCUT2D eigenvalue weighted by atomic mass is 10.1. The highest BCUT2D eigenvalue weighted by molar-refractivity contribution is 5.84. The highest BCUT2D eigenvalue weighted by Crippen LogP contribution is 2.12. The summed E-state index contributed by atoms with van der Waals surface area (Å²) in [5.41, 5.74) is 1.57. The van der Waals surface area contributed by atoms with Gasteiger partial charge in [-0.2, -0.15) is 5.26 Å². The Morgan fingerprint density at radius 3 is 2.68 bits per heavy atom. The number of carbonyl (C=O) groups is 2. The molecule has 0 N–H and O–H groups in total. The minimum Gasteiger partial charge on any atom is -0.340 e. The second-order valence-corrected chi connectivity index (χ2v) is 5.68. The number of likely N-dealkylation sites (N-methyl/N-ethyl adjacent to an activating group) is 1. The van der Waals surface area contributed by atoms with Gasteiger partial charge in [0.05, 0.1) is 18.2 Å². The van der Waals surface area contributed by atoms with E-state index in [1.54, 1.807) is 29.0 Å². The molecule has 0 bridgehead atoms. The molecule has 0 radical (unpaired) electrons. The fourth-order valence-electron chi connectivity index (χ4n) is 2.54. The van der Waals surface area contributed by atoms with Crippen LogP contribution in [-0.2, 0) is 16.1 Å². The predicted octanol–water partition coefficient (Wildman–Crippen LogP) is 1.92. The van der Waals surface area contributed by atoms with Crippen molar-refractivity contribution >= 4 is 11.8 Å². The van der Waals surface area contributed by atoms with E-state index in [4.69, 9.17) is 5.26 Å². The molecule has 0 spiro atoms. The Bertz CT molecular complexity index is 575. The second kappa shape index (κ2) is 7.60. The number of carbonyl (C=O) groups excluding carboxylic acids is 2. The molecule has 1 aliphatic rings. The number of nitriles is 1. The molecule has 22 heavy (non-hydrogen) atoms. The monoisotopic (exact) mass is 299 g/mol. The van der Waals surface area contributed by atoms with Crippen molar-refractivity contribution in [3.63, 3.8) is 0 Å². The first-order valence-corrected chi connectivity index (χ1v) is 7.61. The zero-order valence-corrected chi connectivity index (χ0v) is 12.9. The molecule has 1 aromatic rings. The van der Waals surface area contributed by atoms with Crippen LogP contribution in [0.1, 0.15) is 36.8 Å². The molecule has 1 aromatic carbocycles. The van der Waals surface area contributed by atoms with Gasteiger partial charge in [0, 0.05) is 26.6 Å². The molecule has 0 saturated carbocycles. The minimum atomic E-state index is -0.0559. The maximum absolute atomic E-state index is 12.3. The number of nitrogens with zero attached hydrogens (tertiary/aromatic N) is 3. The first-order chi connectivity index (χ1) is 10.6. The standard InChI is InChI=1S/C17H21N3O2/c1-19(12-15-8-6-14(11-18)7-9-15)17(22)13-20-10-4-2-3-5-16(20)21/h6-9H,2-5,10,12-13H2,1H3. The molecule has 0 aromatic heterocycles. The summed E-state index contributed by atoms with van der Waals surface area (Å²) < 4.78 is 0. The molecular formula is C17H21N3O2. The Labute approximate surface area is 131 Å². The van der Waals surface area contributed by atoms with E-state index in [1.165, 1.54) is 0 Å². The largest absolute Gasteiger partial charge is 0.340 e. The van der Waals surface area contributed by atoms with Crippen molar-refractivity contribution in [1.82, 2.24) is 9.80 Å². The minimum absolute atomic E-state index is 0.0559. The van der Waals surface area contributed by atoms with Gasteiger partial charge in [-0.25, -0.2) is 0 Å². The number of likely N-dealkylation sites (tertiary alicyclic amines) is 1. The van der Waals surface area contributed by atoms with Crippen LogP contribution in [0.3, 0.4) is 0 Å². The summed E-state index contributed by atoms with van der Waals surface area (Å²) in [5, 5.41) is 8.78. The van der Waals surface area contributed by atoms with Crippen molar-refractivity contribution in [2.24, 2.45) is 0 Å². The average molecular weight is 299 g/mol. The molecule has 2 amide bonds. The summed E-state index contributed by atoms with van der Waals surface area (Å²) in [6.07, 6.45) is 3.49. The summed E-state index contributed by atoms with van der Waals surface area (Å²) in [7, 11) is 1.74. The first kappa shape index (κ1) is 16.0. The predicted molar refractivity (Wildman–Crippen MR) is 82.7 cm³/mol. The normalized spacial score (nSPS) is 15.1. The van der Waals surface area contributed by atoms with E-state index in [9.17, 15) is 9.59 Å². The lowest BCUT2D eigenvalue weighted by Crippen LogP contribution is -2.41. The molecular weight excluding hydrogens is 278 g/mol. The Morgan fingerprint density at radius 1 is 1.27 bits per heavy atom. The third-order valence-corrected chi connectivity index (χ3v) is 3.93. The molecule has 1 heterocycles. The number of rotatable bonds is 4. The van der Waals surface area contributed by atoms with E-state index < -0.39 is 0 Å². The van der Waals surface area contributed by atoms with Gasteiger partial charge in [-0.05, 0) is 30.5 Å². The van der Waals surface area contributed by atoms with Gasteiger partial charge in [0.25, 0.3) is 0 Å². The Morgan fingerprint density at radius 2 is 2.00 bits per heavy atom. The van der Waals surface area contributed by atoms with Gasteiger partial charge in [0.2, 0.25) is 11.8 Å². The van der Waals surface area contributed by atoms with Gasteiger partial charge in [0.1, 0.15) is 0 Å². The third-order valence-electron chi connectivity index (χ3n) is 3.93. The highest BCUT2D eigenvalue weighted by Gasteiger charge is 2.20. The summed E-state index contributed by atoms with van der Waals surface area (Å²) >= 11 is 0. The molecule has 1 saturated heterocycles. The molecule has 1 aliphatic heterocycles. The maximum Gasteiger partial charge on any atom is 0.242 e. The van der Waals surface area contributed by atoms with Crippen LogP contribution in [0.5, 0.6) is 0 Å². The van der Waals surface area contributed by atoms with Gasteiger partial charge in [-0.3, -0.25) is 9.59 Å². The Hall–Kier alpha value is -2.35. The second-order valence-electron chi connectivity index (χ2n) is 5.68. The van der Waals surface area contributed by atoms with Gasteiger partial charge < -0.3 is 9.80 Å². The number of hydrogen-bond donors (Lipinski definition) is 0. The van der Waals surface area contributed by atoms with Gasteiger partial charge in [-0.15, -0.1) is 0 Å². The quantitative estimate of drug-likeness (QED) is 0.853. The van der Waals surface area contributed by atoms with Gasteiger partial charge >= 0.3 is 0 Å². The van der Waals surface area contributed by atoms with E-state index in [-0.39, 0.29) is 18.4 Å². The van der Waals surface area contributed by atoms with Gasteiger partial charge in [0.15, 0.2) is 0 Å². The zero-order chi connectivity index (χ0) is 15.9. The van der Waals surface area contributed by atoms with Crippen LogP contribution in [0.25, 0.3) is 0 Å². The van der Waals surface area contributed by atoms with Crippen LogP contribution in [0, 0.1) is 11.3 Å². The lowest BCUT2D eigenvalue weighted by Gasteiger charge is -2.24. The highest BCUT2D eigenvalue weighted by atomic mass is 16.2. The van der Waals surface area contributed by atoms with Crippen LogP contribution in [-0.4, -0.2) is 41.8 Å². The molecule has 1 fully saturated rings. The topological polar surface area (TPSA) is 64.4 Å². The maximum atomic E-state index is 12.3. The molecule has 5 heteroatoms. The van der Waals surface area contributed by atoms with Crippen molar-refractivity contribution in [3.8, 4) is 6.07 Å². The molecule has 5 nitrogen and oxygen atoms in total. The summed E-state index contributed by atoms with van der Waals surface area (Å²) in [5.74, 6) is 0.0252. The first-order valence-electron chi connectivity index (χ1n) is 7.61. The van der Waals surface area contributed by atoms with Crippen molar-refractivity contribution in [2.75, 3.05) is 20.1 Å². The molecule has 0 unspecified atom stereocenters. The molecule has 2 rings (SSSR count). The Kier molecular flexibility index (Phi) is 5.54. The number of hydrogen-bond acceptors (Lipinski definition) is 3. The fourth-order valence-corrected chi connectivity index (χ4v) is 2.54. The Balaban J connectivity index is 1.90. The lowest BCUT2D eigenvalue weighted by molar-refractivity contribution is -0.139. The molecule has 116 valence electrons. The summed E-state index contributed by atoms with van der Waals surface area (Å²) in [4.78, 5) is 27.5. The smallest absolute Gasteiger partial charge is 0.242 e. The fraction of sp³-hybridized carbons (Fsp3) is 0.471. The van der Waals surface area contributed by atoms with E-state index >= 15 is 0 Å². The van der Waals surface area contributed by atoms with Crippen LogP contribution in [0.2, 0.25) is 0 Å². The van der Waals surface area contributed by atoms with E-state index in [2.05, 4.69) is 6.07 Å². The van der Waals surface area contributed by atoms with Crippen LogP contribution in [0.15, 0.2) is 24.3 Å². The zero-order valence-electron chi connectivity index (χ0n) is 12.9. The van der Waals surface area contributed by atoms with Crippen LogP contribution in [0.4, 0.5) is 0 Å². The molecule has 0 atom stereocenters. The van der Waals surface area contributed by atoms with Crippen molar-refractivity contribution in [2.45, 2.75) is 32.2 Å². The average Bonchev–Trinajstić information content (AvgIpc) is 2.73. The summed E-state index contributed by atoms with van der Waals surface area (Å²) in [6.45, 7) is 1.31. The van der Waals surface area contributed by atoms with E-state index in [0.717, 1.165) is 24.8 Å². The van der Waals surface area contributed by atoms with Crippen molar-refractivity contribution in [1.29, 1.82) is 5.26 Å².